The standard InChI is InChI=1S/C13H18ClNO/c14-10-13(6-1-2-7-13)15-9-11-4-3-5-12(16)8-11/h3-5,8,15-16H,1-2,6-7,9-10H2. The molecule has 1 aliphatic rings. The molecule has 0 saturated heterocycles. The number of alkyl halides is 1. The number of hydrogen-bond acceptors (Lipinski definition) is 2. The first kappa shape index (κ1) is 11.7. The van der Waals surface area contributed by atoms with E-state index in [-0.39, 0.29) is 5.54 Å². The van der Waals surface area contributed by atoms with Gasteiger partial charge in [0.1, 0.15) is 5.75 Å². The molecule has 0 bridgehead atoms. The van der Waals surface area contributed by atoms with Gasteiger partial charge in [0.05, 0.1) is 0 Å². The third-order valence-corrected chi connectivity index (χ3v) is 3.91. The maximum absolute atomic E-state index is 9.37. The van der Waals surface area contributed by atoms with Gasteiger partial charge in [0.2, 0.25) is 0 Å². The van der Waals surface area contributed by atoms with E-state index in [1.165, 1.54) is 12.8 Å². The van der Waals surface area contributed by atoms with Gasteiger partial charge in [-0.1, -0.05) is 25.0 Å². The number of benzene rings is 1. The SMILES string of the molecule is Oc1cccc(CNC2(CCl)CCCC2)c1. The van der Waals surface area contributed by atoms with Crippen LogP contribution in [0.5, 0.6) is 5.75 Å². The van der Waals surface area contributed by atoms with Gasteiger partial charge in [-0.05, 0) is 30.5 Å². The Morgan fingerprint density at radius 2 is 2.06 bits per heavy atom. The molecular formula is C13H18ClNO. The summed E-state index contributed by atoms with van der Waals surface area (Å²) in [7, 11) is 0. The minimum Gasteiger partial charge on any atom is -0.508 e. The summed E-state index contributed by atoms with van der Waals surface area (Å²) in [5, 5.41) is 12.9. The first-order valence-corrected chi connectivity index (χ1v) is 6.36. The van der Waals surface area contributed by atoms with Crippen molar-refractivity contribution in [1.82, 2.24) is 5.32 Å². The largest absolute Gasteiger partial charge is 0.508 e. The minimum absolute atomic E-state index is 0.118. The Morgan fingerprint density at radius 1 is 1.31 bits per heavy atom. The summed E-state index contributed by atoms with van der Waals surface area (Å²) >= 11 is 6.05. The van der Waals surface area contributed by atoms with Gasteiger partial charge in [-0.2, -0.15) is 0 Å². The van der Waals surface area contributed by atoms with Gasteiger partial charge in [0, 0.05) is 18.0 Å². The highest BCUT2D eigenvalue weighted by atomic mass is 35.5. The van der Waals surface area contributed by atoms with Crippen molar-refractivity contribution in [3.63, 3.8) is 0 Å². The van der Waals surface area contributed by atoms with Crippen LogP contribution in [0.15, 0.2) is 24.3 Å². The third kappa shape index (κ3) is 2.69. The Morgan fingerprint density at radius 3 is 2.69 bits per heavy atom. The summed E-state index contributed by atoms with van der Waals surface area (Å²) in [6.07, 6.45) is 4.85. The minimum atomic E-state index is 0.118. The van der Waals surface area contributed by atoms with Crippen LogP contribution in [0.25, 0.3) is 0 Å². The Balaban J connectivity index is 1.95. The summed E-state index contributed by atoms with van der Waals surface area (Å²) in [5.74, 6) is 0.997. The number of halogens is 1. The highest BCUT2D eigenvalue weighted by Gasteiger charge is 2.32. The van der Waals surface area contributed by atoms with E-state index in [1.54, 1.807) is 12.1 Å². The number of phenolic OH excluding ortho intramolecular Hbond substituents is 1. The maximum Gasteiger partial charge on any atom is 0.115 e. The zero-order chi connectivity index (χ0) is 11.4. The van der Waals surface area contributed by atoms with E-state index in [0.717, 1.165) is 24.9 Å². The lowest BCUT2D eigenvalue weighted by Gasteiger charge is -2.28. The smallest absolute Gasteiger partial charge is 0.115 e. The molecule has 1 aromatic carbocycles. The molecule has 1 fully saturated rings. The van der Waals surface area contributed by atoms with Crippen LogP contribution in [0.3, 0.4) is 0 Å². The molecule has 0 spiro atoms. The number of rotatable bonds is 4. The average Bonchev–Trinajstić information content (AvgIpc) is 2.76. The van der Waals surface area contributed by atoms with Crippen molar-refractivity contribution in [3.05, 3.63) is 29.8 Å². The molecule has 1 aromatic rings. The van der Waals surface area contributed by atoms with E-state index in [4.69, 9.17) is 11.6 Å². The van der Waals surface area contributed by atoms with Crippen molar-refractivity contribution in [2.75, 3.05) is 5.88 Å². The monoisotopic (exact) mass is 239 g/mol. The fraction of sp³-hybridized carbons (Fsp3) is 0.538. The highest BCUT2D eigenvalue weighted by molar-refractivity contribution is 6.18. The predicted octanol–water partition coefficient (Wildman–Crippen LogP) is 3.03. The zero-order valence-electron chi connectivity index (χ0n) is 9.38. The lowest BCUT2D eigenvalue weighted by atomic mass is 10.00. The number of hydrogen-bond donors (Lipinski definition) is 2. The van der Waals surface area contributed by atoms with Crippen LogP contribution in [-0.4, -0.2) is 16.5 Å². The second-order valence-corrected chi connectivity index (χ2v) is 4.91. The molecule has 1 saturated carbocycles. The van der Waals surface area contributed by atoms with E-state index in [1.807, 2.05) is 12.1 Å². The molecule has 16 heavy (non-hydrogen) atoms. The van der Waals surface area contributed by atoms with Gasteiger partial charge in [-0.15, -0.1) is 11.6 Å². The van der Waals surface area contributed by atoms with Gasteiger partial charge >= 0.3 is 0 Å². The fourth-order valence-corrected chi connectivity index (χ4v) is 2.73. The van der Waals surface area contributed by atoms with Crippen LogP contribution < -0.4 is 5.32 Å². The second kappa shape index (κ2) is 5.07. The van der Waals surface area contributed by atoms with Crippen molar-refractivity contribution in [3.8, 4) is 5.75 Å². The number of aromatic hydroxyl groups is 1. The predicted molar refractivity (Wildman–Crippen MR) is 66.9 cm³/mol. The Hall–Kier alpha value is -0.730. The molecule has 2 N–H and O–H groups in total. The molecule has 3 heteroatoms. The van der Waals surface area contributed by atoms with Crippen molar-refractivity contribution < 1.29 is 5.11 Å². The number of nitrogens with one attached hydrogen (secondary N) is 1. The molecule has 2 nitrogen and oxygen atoms in total. The fourth-order valence-electron chi connectivity index (χ4n) is 2.37. The Bertz CT molecular complexity index is 348. The van der Waals surface area contributed by atoms with Crippen molar-refractivity contribution in [2.24, 2.45) is 0 Å². The topological polar surface area (TPSA) is 32.3 Å². The van der Waals surface area contributed by atoms with Crippen molar-refractivity contribution in [1.29, 1.82) is 0 Å². The Labute approximate surface area is 102 Å². The molecule has 2 rings (SSSR count). The highest BCUT2D eigenvalue weighted by Crippen LogP contribution is 2.31. The third-order valence-electron chi connectivity index (χ3n) is 3.39. The van der Waals surface area contributed by atoms with E-state index < -0.39 is 0 Å². The van der Waals surface area contributed by atoms with E-state index in [0.29, 0.717) is 11.6 Å². The molecule has 0 atom stereocenters. The quantitative estimate of drug-likeness (QED) is 0.792. The summed E-state index contributed by atoms with van der Waals surface area (Å²) in [4.78, 5) is 0. The van der Waals surface area contributed by atoms with Gasteiger partial charge < -0.3 is 10.4 Å². The molecule has 1 aliphatic carbocycles. The molecule has 0 radical (unpaired) electrons. The first-order chi connectivity index (χ1) is 7.74. The van der Waals surface area contributed by atoms with Gasteiger partial charge in [0.25, 0.3) is 0 Å². The lowest BCUT2D eigenvalue weighted by molar-refractivity contribution is 0.367. The van der Waals surface area contributed by atoms with Gasteiger partial charge in [-0.3, -0.25) is 0 Å². The summed E-state index contributed by atoms with van der Waals surface area (Å²) in [6.45, 7) is 0.779. The Kier molecular flexibility index (Phi) is 3.72. The molecule has 88 valence electrons. The molecule has 0 aromatic heterocycles. The van der Waals surface area contributed by atoms with E-state index in [2.05, 4.69) is 5.32 Å². The normalized spacial score (nSPS) is 18.8. The number of phenols is 1. The van der Waals surface area contributed by atoms with E-state index >= 15 is 0 Å². The van der Waals surface area contributed by atoms with E-state index in [9.17, 15) is 5.11 Å². The van der Waals surface area contributed by atoms with Crippen LogP contribution in [0.1, 0.15) is 31.2 Å². The van der Waals surface area contributed by atoms with Crippen molar-refractivity contribution in [2.45, 2.75) is 37.8 Å². The molecule has 0 heterocycles. The molecule has 0 amide bonds. The van der Waals surface area contributed by atoms with Gasteiger partial charge in [0.15, 0.2) is 0 Å². The van der Waals surface area contributed by atoms with Crippen LogP contribution in [0, 0.1) is 0 Å². The van der Waals surface area contributed by atoms with Crippen LogP contribution in [0.2, 0.25) is 0 Å². The van der Waals surface area contributed by atoms with Crippen LogP contribution >= 0.6 is 11.6 Å². The summed E-state index contributed by atoms with van der Waals surface area (Å²) in [5.41, 5.74) is 1.23. The average molecular weight is 240 g/mol. The lowest BCUT2D eigenvalue weighted by Crippen LogP contribution is -2.43. The summed E-state index contributed by atoms with van der Waals surface area (Å²) in [6, 6.07) is 7.37. The molecule has 0 unspecified atom stereocenters. The molecular weight excluding hydrogens is 222 g/mol. The zero-order valence-corrected chi connectivity index (χ0v) is 10.1. The second-order valence-electron chi connectivity index (χ2n) is 4.64. The van der Waals surface area contributed by atoms with Crippen LogP contribution in [-0.2, 0) is 6.54 Å². The van der Waals surface area contributed by atoms with Crippen LogP contribution in [0.4, 0.5) is 0 Å². The first-order valence-electron chi connectivity index (χ1n) is 5.83. The summed E-state index contributed by atoms with van der Waals surface area (Å²) < 4.78 is 0. The molecule has 0 aliphatic heterocycles. The maximum atomic E-state index is 9.37. The van der Waals surface area contributed by atoms with Gasteiger partial charge in [-0.25, -0.2) is 0 Å². The van der Waals surface area contributed by atoms with Crippen molar-refractivity contribution >= 4 is 11.6 Å².